The van der Waals surface area contributed by atoms with Gasteiger partial charge in [0.15, 0.2) is 0 Å². The highest BCUT2D eigenvalue weighted by Crippen LogP contribution is 2.21. The van der Waals surface area contributed by atoms with Crippen LogP contribution in [0, 0.1) is 0 Å². The number of anilines is 1. The Bertz CT molecular complexity index is 354. The van der Waals surface area contributed by atoms with Gasteiger partial charge < -0.3 is 10.0 Å². The molecular formula is C11H14ClNO2. The van der Waals surface area contributed by atoms with E-state index in [2.05, 4.69) is 0 Å². The fourth-order valence-corrected chi connectivity index (χ4v) is 1.67. The van der Waals surface area contributed by atoms with Crippen molar-refractivity contribution in [3.63, 3.8) is 0 Å². The second-order valence-electron chi connectivity index (χ2n) is 3.35. The van der Waals surface area contributed by atoms with E-state index in [4.69, 9.17) is 16.7 Å². The molecule has 1 aromatic carbocycles. The third kappa shape index (κ3) is 2.86. The van der Waals surface area contributed by atoms with Gasteiger partial charge in [0.1, 0.15) is 6.04 Å². The van der Waals surface area contributed by atoms with E-state index in [9.17, 15) is 4.79 Å². The van der Waals surface area contributed by atoms with Crippen LogP contribution < -0.4 is 4.90 Å². The van der Waals surface area contributed by atoms with Crippen LogP contribution >= 0.6 is 11.6 Å². The molecule has 0 saturated carbocycles. The van der Waals surface area contributed by atoms with Crippen molar-refractivity contribution in [3.8, 4) is 0 Å². The molecule has 0 bridgehead atoms. The number of hydrogen-bond donors (Lipinski definition) is 1. The molecule has 0 aromatic heterocycles. The minimum absolute atomic E-state index is 0.511. The minimum Gasteiger partial charge on any atom is -0.480 e. The number of nitrogens with zero attached hydrogens (tertiary/aromatic N) is 1. The summed E-state index contributed by atoms with van der Waals surface area (Å²) >= 11 is 5.84. The van der Waals surface area contributed by atoms with Crippen molar-refractivity contribution < 1.29 is 9.90 Å². The SMILES string of the molecule is CC[C@H](C(=O)O)N(C)c1cccc(Cl)c1. The van der Waals surface area contributed by atoms with Gasteiger partial charge in [-0.05, 0) is 24.6 Å². The monoisotopic (exact) mass is 227 g/mol. The summed E-state index contributed by atoms with van der Waals surface area (Å²) in [5, 5.41) is 9.61. The maximum Gasteiger partial charge on any atom is 0.326 e. The fourth-order valence-electron chi connectivity index (χ4n) is 1.49. The van der Waals surface area contributed by atoms with Crippen LogP contribution in [-0.2, 0) is 4.79 Å². The van der Waals surface area contributed by atoms with Gasteiger partial charge in [-0.1, -0.05) is 24.6 Å². The summed E-state index contributed by atoms with van der Waals surface area (Å²) in [4.78, 5) is 12.7. The molecule has 0 spiro atoms. The Kier molecular flexibility index (Phi) is 3.97. The Hall–Kier alpha value is -1.22. The molecule has 4 heteroatoms. The zero-order valence-corrected chi connectivity index (χ0v) is 9.53. The van der Waals surface area contributed by atoms with Crippen LogP contribution in [0.15, 0.2) is 24.3 Å². The molecule has 0 unspecified atom stereocenters. The number of aliphatic carboxylic acids is 1. The van der Waals surface area contributed by atoms with Crippen LogP contribution in [0.1, 0.15) is 13.3 Å². The van der Waals surface area contributed by atoms with Gasteiger partial charge in [-0.2, -0.15) is 0 Å². The maximum atomic E-state index is 11.0. The van der Waals surface area contributed by atoms with Crippen molar-refractivity contribution in [2.24, 2.45) is 0 Å². The number of carboxylic acid groups (broad SMARTS) is 1. The van der Waals surface area contributed by atoms with Crippen molar-refractivity contribution in [1.82, 2.24) is 0 Å². The summed E-state index contributed by atoms with van der Waals surface area (Å²) in [6, 6.07) is 6.66. The molecular weight excluding hydrogens is 214 g/mol. The Morgan fingerprint density at radius 2 is 2.27 bits per heavy atom. The molecule has 0 aliphatic rings. The first-order chi connectivity index (χ1) is 7.06. The van der Waals surface area contributed by atoms with Crippen LogP contribution in [0.3, 0.4) is 0 Å². The summed E-state index contributed by atoms with van der Waals surface area (Å²) in [7, 11) is 1.76. The third-order valence-corrected chi connectivity index (χ3v) is 2.59. The molecule has 1 rings (SSSR count). The fraction of sp³-hybridized carbons (Fsp3) is 0.364. The van der Waals surface area contributed by atoms with Gasteiger partial charge in [-0.25, -0.2) is 4.79 Å². The lowest BCUT2D eigenvalue weighted by Crippen LogP contribution is -2.37. The number of hydrogen-bond acceptors (Lipinski definition) is 2. The highest BCUT2D eigenvalue weighted by molar-refractivity contribution is 6.30. The molecule has 0 saturated heterocycles. The van der Waals surface area contributed by atoms with E-state index in [1.165, 1.54) is 0 Å². The maximum absolute atomic E-state index is 11.0. The lowest BCUT2D eigenvalue weighted by Gasteiger charge is -2.25. The van der Waals surface area contributed by atoms with E-state index in [-0.39, 0.29) is 0 Å². The van der Waals surface area contributed by atoms with Crippen molar-refractivity contribution in [2.75, 3.05) is 11.9 Å². The van der Waals surface area contributed by atoms with Gasteiger partial charge in [0.2, 0.25) is 0 Å². The van der Waals surface area contributed by atoms with Crippen LogP contribution in [0.25, 0.3) is 0 Å². The van der Waals surface area contributed by atoms with Gasteiger partial charge in [-0.3, -0.25) is 0 Å². The van der Waals surface area contributed by atoms with E-state index in [0.29, 0.717) is 11.4 Å². The number of likely N-dealkylation sites (N-methyl/N-ethyl adjacent to an activating group) is 1. The highest BCUT2D eigenvalue weighted by atomic mass is 35.5. The molecule has 1 atom stereocenters. The smallest absolute Gasteiger partial charge is 0.326 e. The quantitative estimate of drug-likeness (QED) is 0.860. The number of halogens is 1. The first-order valence-electron chi connectivity index (χ1n) is 4.77. The normalized spacial score (nSPS) is 12.2. The molecule has 0 aliphatic carbocycles. The molecule has 15 heavy (non-hydrogen) atoms. The van der Waals surface area contributed by atoms with Crippen LogP contribution in [0.2, 0.25) is 5.02 Å². The molecule has 0 fully saturated rings. The van der Waals surface area contributed by atoms with Gasteiger partial charge >= 0.3 is 5.97 Å². The minimum atomic E-state index is -0.819. The summed E-state index contributed by atoms with van der Waals surface area (Å²) in [5.41, 5.74) is 0.816. The van der Waals surface area contributed by atoms with Crippen molar-refractivity contribution in [2.45, 2.75) is 19.4 Å². The average Bonchev–Trinajstić information content (AvgIpc) is 2.18. The highest BCUT2D eigenvalue weighted by Gasteiger charge is 2.20. The lowest BCUT2D eigenvalue weighted by atomic mass is 10.2. The molecule has 0 amide bonds. The van der Waals surface area contributed by atoms with Crippen LogP contribution in [0.5, 0.6) is 0 Å². The summed E-state index contributed by atoms with van der Waals surface area (Å²) in [5.74, 6) is -0.819. The summed E-state index contributed by atoms with van der Waals surface area (Å²) in [6.07, 6.45) is 0.554. The van der Waals surface area contributed by atoms with E-state index in [0.717, 1.165) is 5.69 Å². The predicted molar refractivity (Wildman–Crippen MR) is 61.6 cm³/mol. The molecule has 0 aliphatic heterocycles. The van der Waals surface area contributed by atoms with Crippen molar-refractivity contribution in [1.29, 1.82) is 0 Å². The first-order valence-corrected chi connectivity index (χ1v) is 5.15. The lowest BCUT2D eigenvalue weighted by molar-refractivity contribution is -0.138. The van der Waals surface area contributed by atoms with Gasteiger partial charge in [0, 0.05) is 17.8 Å². The topological polar surface area (TPSA) is 40.5 Å². The molecule has 1 aromatic rings. The predicted octanol–water partition coefficient (Wildman–Crippen LogP) is 2.64. The molecule has 0 radical (unpaired) electrons. The van der Waals surface area contributed by atoms with Crippen LogP contribution in [-0.4, -0.2) is 24.2 Å². The van der Waals surface area contributed by atoms with E-state index in [1.54, 1.807) is 24.1 Å². The van der Waals surface area contributed by atoms with Gasteiger partial charge in [-0.15, -0.1) is 0 Å². The molecule has 82 valence electrons. The largest absolute Gasteiger partial charge is 0.480 e. The van der Waals surface area contributed by atoms with Gasteiger partial charge in [0.25, 0.3) is 0 Å². The average molecular weight is 228 g/mol. The molecule has 0 heterocycles. The second-order valence-corrected chi connectivity index (χ2v) is 3.79. The number of carbonyl (C=O) groups is 1. The molecule has 1 N–H and O–H groups in total. The Balaban J connectivity index is 2.92. The van der Waals surface area contributed by atoms with Crippen molar-refractivity contribution in [3.05, 3.63) is 29.3 Å². The standard InChI is InChI=1S/C11H14ClNO2/c1-3-10(11(14)15)13(2)9-6-4-5-8(12)7-9/h4-7,10H,3H2,1-2H3,(H,14,15)/t10-/m1/s1. The second kappa shape index (κ2) is 5.03. The number of carboxylic acids is 1. The Morgan fingerprint density at radius 1 is 1.60 bits per heavy atom. The van der Waals surface area contributed by atoms with E-state index >= 15 is 0 Å². The zero-order valence-electron chi connectivity index (χ0n) is 8.77. The summed E-state index contributed by atoms with van der Waals surface area (Å²) in [6.45, 7) is 1.85. The Morgan fingerprint density at radius 3 is 2.73 bits per heavy atom. The molecule has 3 nitrogen and oxygen atoms in total. The van der Waals surface area contributed by atoms with E-state index in [1.807, 2.05) is 19.1 Å². The number of benzene rings is 1. The number of rotatable bonds is 4. The van der Waals surface area contributed by atoms with Crippen LogP contribution in [0.4, 0.5) is 5.69 Å². The first kappa shape index (κ1) is 11.9. The summed E-state index contributed by atoms with van der Waals surface area (Å²) < 4.78 is 0. The zero-order chi connectivity index (χ0) is 11.4. The Labute approximate surface area is 94.3 Å². The van der Waals surface area contributed by atoms with Crippen molar-refractivity contribution >= 4 is 23.3 Å². The van der Waals surface area contributed by atoms with E-state index < -0.39 is 12.0 Å². The third-order valence-electron chi connectivity index (χ3n) is 2.35. The van der Waals surface area contributed by atoms with Gasteiger partial charge in [0.05, 0.1) is 0 Å².